The standard InChI is InChI=1S/C20H20FN3O3.Na/c21-16-7-4-9-22-17(16)24-10-8-14(12-24)23-18(25)15-11-20(15,19(26)27)13-5-2-1-3-6-13;/h1-7,9,14-15H,8,10-12H2,(H,23,25)(H,26,27);/q;+1/p-1/t14?,15-,20+;/m1./s1. The minimum absolute atomic E-state index is 0. The maximum Gasteiger partial charge on any atom is 1.00 e. The molecule has 6 nitrogen and oxygen atoms in total. The number of aliphatic carboxylic acids is 1. The number of nitrogens with zero attached hydrogens (tertiary/aromatic N) is 2. The number of benzene rings is 1. The molecule has 1 amide bonds. The summed E-state index contributed by atoms with van der Waals surface area (Å²) in [6.07, 6.45) is 2.41. The van der Waals surface area contributed by atoms with Crippen LogP contribution in [0.15, 0.2) is 48.7 Å². The first-order chi connectivity index (χ1) is 13.0. The number of amides is 1. The third-order valence-electron chi connectivity index (χ3n) is 5.50. The first-order valence-corrected chi connectivity index (χ1v) is 8.95. The Hall–Kier alpha value is -1.96. The van der Waals surface area contributed by atoms with Crippen LogP contribution in [0.4, 0.5) is 10.2 Å². The van der Waals surface area contributed by atoms with Crippen molar-refractivity contribution in [3.63, 3.8) is 0 Å². The first-order valence-electron chi connectivity index (χ1n) is 8.95. The average Bonchev–Trinajstić information content (AvgIpc) is 3.29. The van der Waals surface area contributed by atoms with Crippen LogP contribution in [0, 0.1) is 11.7 Å². The van der Waals surface area contributed by atoms with Crippen LogP contribution in [-0.2, 0) is 15.0 Å². The molecule has 0 bridgehead atoms. The molecule has 2 aliphatic rings. The molecule has 1 aliphatic heterocycles. The van der Waals surface area contributed by atoms with Crippen molar-refractivity contribution in [2.24, 2.45) is 5.92 Å². The Bertz CT molecular complexity index is 882. The average molecular weight is 391 g/mol. The molecule has 4 rings (SSSR count). The molecule has 1 aromatic carbocycles. The van der Waals surface area contributed by atoms with Crippen molar-refractivity contribution in [3.05, 3.63) is 60.0 Å². The molecule has 1 aliphatic carbocycles. The van der Waals surface area contributed by atoms with E-state index in [4.69, 9.17) is 0 Å². The molecule has 0 radical (unpaired) electrons. The normalized spacial score (nSPS) is 25.7. The van der Waals surface area contributed by atoms with Crippen molar-refractivity contribution in [2.45, 2.75) is 24.3 Å². The first kappa shape index (κ1) is 20.8. The zero-order chi connectivity index (χ0) is 19.0. The van der Waals surface area contributed by atoms with Gasteiger partial charge in [0.25, 0.3) is 0 Å². The Labute approximate surface area is 184 Å². The summed E-state index contributed by atoms with van der Waals surface area (Å²) < 4.78 is 13.9. The van der Waals surface area contributed by atoms with Crippen LogP contribution in [0.2, 0.25) is 0 Å². The number of anilines is 1. The minimum Gasteiger partial charge on any atom is -0.549 e. The van der Waals surface area contributed by atoms with Gasteiger partial charge in [-0.1, -0.05) is 30.3 Å². The number of hydrogen-bond acceptors (Lipinski definition) is 5. The Morgan fingerprint density at radius 3 is 2.64 bits per heavy atom. The number of carbonyl (C=O) groups excluding carboxylic acids is 2. The van der Waals surface area contributed by atoms with E-state index in [1.165, 1.54) is 18.3 Å². The third kappa shape index (κ3) is 3.66. The second-order valence-electron chi connectivity index (χ2n) is 7.13. The monoisotopic (exact) mass is 391 g/mol. The summed E-state index contributed by atoms with van der Waals surface area (Å²) >= 11 is 0. The number of hydrogen-bond donors (Lipinski definition) is 1. The van der Waals surface area contributed by atoms with Gasteiger partial charge in [0, 0.05) is 30.7 Å². The molecule has 140 valence electrons. The second kappa shape index (κ2) is 8.19. The Kier molecular flexibility index (Phi) is 6.07. The zero-order valence-corrected chi connectivity index (χ0v) is 17.6. The molecular formula is C20H19FN3NaO3. The summed E-state index contributed by atoms with van der Waals surface area (Å²) in [5.41, 5.74) is -0.662. The maximum atomic E-state index is 13.9. The molecule has 28 heavy (non-hydrogen) atoms. The SMILES string of the molecule is O=C(NC1CCN(c2ncccc2F)C1)[C@H]1C[C@]1(C(=O)[O-])c1ccccc1.[Na+]. The summed E-state index contributed by atoms with van der Waals surface area (Å²) in [6, 6.07) is 11.4. The van der Waals surface area contributed by atoms with E-state index in [1.807, 2.05) is 0 Å². The fourth-order valence-corrected chi connectivity index (χ4v) is 3.96. The van der Waals surface area contributed by atoms with Crippen LogP contribution in [0.25, 0.3) is 0 Å². The molecule has 8 heteroatoms. The Morgan fingerprint density at radius 1 is 1.21 bits per heavy atom. The van der Waals surface area contributed by atoms with Crippen LogP contribution in [0.3, 0.4) is 0 Å². The smallest absolute Gasteiger partial charge is 0.549 e. The van der Waals surface area contributed by atoms with Crippen LogP contribution >= 0.6 is 0 Å². The summed E-state index contributed by atoms with van der Waals surface area (Å²) in [4.78, 5) is 30.3. The maximum absolute atomic E-state index is 13.9. The van der Waals surface area contributed by atoms with Gasteiger partial charge in [0.15, 0.2) is 11.6 Å². The summed E-state index contributed by atoms with van der Waals surface area (Å²) in [6.45, 7) is 1.02. The number of carbonyl (C=O) groups is 2. The van der Waals surface area contributed by atoms with E-state index in [1.54, 1.807) is 35.2 Å². The molecule has 2 fully saturated rings. The van der Waals surface area contributed by atoms with Gasteiger partial charge < -0.3 is 20.1 Å². The predicted octanol–water partition coefficient (Wildman–Crippen LogP) is -2.37. The minimum atomic E-state index is -1.25. The van der Waals surface area contributed by atoms with E-state index in [0.717, 1.165) is 0 Å². The number of carboxylic acids is 1. The van der Waals surface area contributed by atoms with Crippen molar-refractivity contribution in [1.29, 1.82) is 0 Å². The number of aromatic nitrogens is 1. The zero-order valence-electron chi connectivity index (χ0n) is 15.6. The molecule has 1 N–H and O–H groups in total. The van der Waals surface area contributed by atoms with E-state index in [-0.39, 0.29) is 53.7 Å². The van der Waals surface area contributed by atoms with E-state index >= 15 is 0 Å². The summed E-state index contributed by atoms with van der Waals surface area (Å²) in [7, 11) is 0. The second-order valence-corrected chi connectivity index (χ2v) is 7.13. The molecule has 1 saturated carbocycles. The molecular weight excluding hydrogens is 372 g/mol. The van der Waals surface area contributed by atoms with Crippen LogP contribution in [0.1, 0.15) is 18.4 Å². The van der Waals surface area contributed by atoms with Crippen LogP contribution in [-0.4, -0.2) is 36.0 Å². The molecule has 2 aromatic rings. The fraction of sp³-hybridized carbons (Fsp3) is 0.350. The summed E-state index contributed by atoms with van der Waals surface area (Å²) in [5.74, 6) is -2.29. The number of rotatable bonds is 5. The number of halogens is 1. The van der Waals surface area contributed by atoms with E-state index < -0.39 is 23.1 Å². The van der Waals surface area contributed by atoms with Gasteiger partial charge in [-0.3, -0.25) is 4.79 Å². The van der Waals surface area contributed by atoms with E-state index in [2.05, 4.69) is 10.3 Å². The van der Waals surface area contributed by atoms with Gasteiger partial charge in [-0.25, -0.2) is 9.37 Å². The van der Waals surface area contributed by atoms with Crippen molar-refractivity contribution < 1.29 is 48.6 Å². The van der Waals surface area contributed by atoms with Gasteiger partial charge in [-0.15, -0.1) is 0 Å². The molecule has 3 atom stereocenters. The Morgan fingerprint density at radius 2 is 1.96 bits per heavy atom. The predicted molar refractivity (Wildman–Crippen MR) is 94.2 cm³/mol. The van der Waals surface area contributed by atoms with Gasteiger partial charge in [-0.2, -0.15) is 0 Å². The van der Waals surface area contributed by atoms with Gasteiger partial charge >= 0.3 is 29.6 Å². The quantitative estimate of drug-likeness (QED) is 0.576. The molecule has 0 spiro atoms. The van der Waals surface area contributed by atoms with Gasteiger partial charge in [0.2, 0.25) is 5.91 Å². The van der Waals surface area contributed by atoms with Crippen molar-refractivity contribution in [2.75, 3.05) is 18.0 Å². The van der Waals surface area contributed by atoms with Gasteiger partial charge in [0.05, 0.1) is 11.9 Å². The van der Waals surface area contributed by atoms with E-state index in [0.29, 0.717) is 25.1 Å². The van der Waals surface area contributed by atoms with Gasteiger partial charge in [-0.05, 0) is 30.5 Å². The fourth-order valence-electron chi connectivity index (χ4n) is 3.96. The number of nitrogens with one attached hydrogen (secondary N) is 1. The Balaban J connectivity index is 0.00000225. The topological polar surface area (TPSA) is 85.4 Å². The van der Waals surface area contributed by atoms with Gasteiger partial charge in [0.1, 0.15) is 0 Å². The number of carboxylic acid groups (broad SMARTS) is 1. The largest absolute Gasteiger partial charge is 1.00 e. The van der Waals surface area contributed by atoms with Crippen LogP contribution < -0.4 is 44.9 Å². The molecule has 1 unspecified atom stereocenters. The van der Waals surface area contributed by atoms with Crippen molar-refractivity contribution >= 4 is 17.7 Å². The number of pyridine rings is 1. The molecule has 1 saturated heterocycles. The summed E-state index contributed by atoms with van der Waals surface area (Å²) in [5, 5.41) is 14.7. The van der Waals surface area contributed by atoms with Crippen LogP contribution in [0.5, 0.6) is 0 Å². The molecule has 2 heterocycles. The van der Waals surface area contributed by atoms with Crippen molar-refractivity contribution in [1.82, 2.24) is 10.3 Å². The van der Waals surface area contributed by atoms with E-state index in [9.17, 15) is 19.1 Å². The molecule has 1 aromatic heterocycles. The third-order valence-corrected chi connectivity index (χ3v) is 5.50. The van der Waals surface area contributed by atoms with Crippen molar-refractivity contribution in [3.8, 4) is 0 Å².